The maximum Gasteiger partial charge on any atom is 0.343 e. The summed E-state index contributed by atoms with van der Waals surface area (Å²) in [6.45, 7) is 5.56. The molecule has 1 aliphatic heterocycles. The molecule has 0 atom stereocenters. The zero-order valence-corrected chi connectivity index (χ0v) is 22.1. The van der Waals surface area contributed by atoms with Gasteiger partial charge in [0.15, 0.2) is 6.29 Å². The van der Waals surface area contributed by atoms with Crippen molar-refractivity contribution in [2.45, 2.75) is 97.2 Å². The zero-order chi connectivity index (χ0) is 25.6. The highest BCUT2D eigenvalue weighted by Gasteiger charge is 2.26. The van der Waals surface area contributed by atoms with Gasteiger partial charge in [0.25, 0.3) is 0 Å². The lowest BCUT2D eigenvalue weighted by molar-refractivity contribution is -0.207. The van der Waals surface area contributed by atoms with Crippen LogP contribution in [0.5, 0.6) is 5.75 Å². The van der Waals surface area contributed by atoms with Gasteiger partial charge in [-0.3, -0.25) is 0 Å². The number of rotatable bonds is 15. The van der Waals surface area contributed by atoms with Crippen LogP contribution in [0.4, 0.5) is 4.39 Å². The molecular formula is C31H43FO4. The third kappa shape index (κ3) is 9.33. The van der Waals surface area contributed by atoms with Gasteiger partial charge in [-0.25, -0.2) is 9.18 Å². The van der Waals surface area contributed by atoms with Crippen LogP contribution < -0.4 is 4.74 Å². The Bertz CT molecular complexity index is 903. The maximum atomic E-state index is 14.8. The van der Waals surface area contributed by atoms with Gasteiger partial charge in [0.2, 0.25) is 0 Å². The molecule has 2 aromatic rings. The van der Waals surface area contributed by atoms with Crippen LogP contribution in [0.25, 0.3) is 0 Å². The van der Waals surface area contributed by atoms with Crippen molar-refractivity contribution in [1.29, 1.82) is 0 Å². The van der Waals surface area contributed by atoms with E-state index in [4.69, 9.17) is 14.2 Å². The minimum absolute atomic E-state index is 0.164. The second-order valence-electron chi connectivity index (χ2n) is 10.0. The van der Waals surface area contributed by atoms with Crippen molar-refractivity contribution in [3.05, 3.63) is 65.0 Å². The van der Waals surface area contributed by atoms with E-state index in [9.17, 15) is 9.18 Å². The number of unbranched alkanes of at least 4 members (excludes halogenated alkanes) is 8. The molecule has 0 bridgehead atoms. The average Bonchev–Trinajstić information content (AvgIpc) is 2.90. The molecule has 1 saturated heterocycles. The van der Waals surface area contributed by atoms with Crippen molar-refractivity contribution in [3.8, 4) is 5.75 Å². The highest BCUT2D eigenvalue weighted by Crippen LogP contribution is 2.29. The molecule has 1 heterocycles. The second kappa shape index (κ2) is 15.8. The fourth-order valence-corrected chi connectivity index (χ4v) is 4.59. The number of ether oxygens (including phenoxy) is 3. The Morgan fingerprint density at radius 1 is 0.861 bits per heavy atom. The molecule has 0 unspecified atom stereocenters. The first-order valence-electron chi connectivity index (χ1n) is 13.9. The van der Waals surface area contributed by atoms with Crippen molar-refractivity contribution < 1.29 is 23.4 Å². The van der Waals surface area contributed by atoms with Gasteiger partial charge in [0, 0.05) is 11.5 Å². The second-order valence-corrected chi connectivity index (χ2v) is 10.0. The van der Waals surface area contributed by atoms with Crippen LogP contribution in [0.15, 0.2) is 42.5 Å². The average molecular weight is 499 g/mol. The Morgan fingerprint density at radius 2 is 1.50 bits per heavy atom. The molecule has 0 aromatic heterocycles. The van der Waals surface area contributed by atoms with E-state index in [1.54, 1.807) is 24.3 Å². The normalized spacial score (nSPS) is 17.8. The maximum absolute atomic E-state index is 14.8. The van der Waals surface area contributed by atoms with E-state index in [1.807, 2.05) is 12.1 Å². The summed E-state index contributed by atoms with van der Waals surface area (Å²) >= 11 is 0. The topological polar surface area (TPSA) is 44.8 Å². The lowest BCUT2D eigenvalue weighted by Crippen LogP contribution is -2.27. The minimum Gasteiger partial charge on any atom is -0.423 e. The molecule has 0 N–H and O–H groups in total. The van der Waals surface area contributed by atoms with Gasteiger partial charge in [-0.05, 0) is 49.1 Å². The van der Waals surface area contributed by atoms with E-state index < -0.39 is 18.1 Å². The molecule has 1 aliphatic rings. The number of halogens is 1. The fourth-order valence-electron chi connectivity index (χ4n) is 4.59. The Balaban J connectivity index is 1.44. The van der Waals surface area contributed by atoms with Crippen LogP contribution in [0.3, 0.4) is 0 Å². The molecule has 0 spiro atoms. The molecule has 0 radical (unpaired) electrons. The Kier molecular flexibility index (Phi) is 12.4. The van der Waals surface area contributed by atoms with Crippen LogP contribution in [-0.4, -0.2) is 19.2 Å². The van der Waals surface area contributed by atoms with E-state index in [0.717, 1.165) is 12.8 Å². The molecule has 0 aliphatic carbocycles. The Morgan fingerprint density at radius 3 is 2.17 bits per heavy atom. The van der Waals surface area contributed by atoms with Crippen molar-refractivity contribution in [2.75, 3.05) is 13.2 Å². The predicted octanol–water partition coefficient (Wildman–Crippen LogP) is 8.58. The van der Waals surface area contributed by atoms with Crippen LogP contribution in [-0.2, 0) is 15.9 Å². The molecule has 36 heavy (non-hydrogen) atoms. The summed E-state index contributed by atoms with van der Waals surface area (Å²) in [4.78, 5) is 12.6. The Labute approximate surface area is 216 Å². The highest BCUT2D eigenvalue weighted by atomic mass is 19.1. The third-order valence-electron chi connectivity index (χ3n) is 6.88. The van der Waals surface area contributed by atoms with Gasteiger partial charge in [0.05, 0.1) is 18.8 Å². The van der Waals surface area contributed by atoms with Gasteiger partial charge >= 0.3 is 5.97 Å². The number of aryl methyl sites for hydroxylation is 1. The number of hydrogen-bond acceptors (Lipinski definition) is 4. The minimum atomic E-state index is -0.735. The lowest BCUT2D eigenvalue weighted by atomic mass is 10.0. The van der Waals surface area contributed by atoms with Gasteiger partial charge in [-0.2, -0.15) is 0 Å². The predicted molar refractivity (Wildman–Crippen MR) is 142 cm³/mol. The summed E-state index contributed by atoms with van der Waals surface area (Å²) in [5.41, 5.74) is 1.71. The van der Waals surface area contributed by atoms with Crippen molar-refractivity contribution in [1.82, 2.24) is 0 Å². The van der Waals surface area contributed by atoms with Gasteiger partial charge in [-0.15, -0.1) is 0 Å². The first-order chi connectivity index (χ1) is 17.6. The van der Waals surface area contributed by atoms with E-state index in [-0.39, 0.29) is 5.56 Å². The quantitative estimate of drug-likeness (QED) is 0.140. The van der Waals surface area contributed by atoms with E-state index in [1.165, 1.54) is 75.8 Å². The molecule has 5 heteroatoms. The molecule has 3 rings (SSSR count). The van der Waals surface area contributed by atoms with E-state index in [0.29, 0.717) is 30.4 Å². The molecule has 4 nitrogen and oxygen atoms in total. The summed E-state index contributed by atoms with van der Waals surface area (Å²) in [7, 11) is 0. The van der Waals surface area contributed by atoms with Gasteiger partial charge in [0.1, 0.15) is 11.6 Å². The van der Waals surface area contributed by atoms with E-state index in [2.05, 4.69) is 13.8 Å². The highest BCUT2D eigenvalue weighted by molar-refractivity contribution is 5.91. The van der Waals surface area contributed by atoms with Crippen LogP contribution in [0, 0.1) is 11.7 Å². The Hall–Kier alpha value is -2.24. The number of carbonyl (C=O) groups excluding carboxylic acids is 1. The SMILES string of the molecule is CCCCCCCCc1ccc(OC(=O)c2ccc(C3OCC(CCCCCC)CO3)c(F)c2)cc1. The number of carbonyl (C=O) groups is 1. The number of benzene rings is 2. The first kappa shape index (κ1) is 28.3. The zero-order valence-electron chi connectivity index (χ0n) is 22.1. The van der Waals surface area contributed by atoms with Crippen LogP contribution in [0.2, 0.25) is 0 Å². The van der Waals surface area contributed by atoms with Crippen molar-refractivity contribution in [3.63, 3.8) is 0 Å². The van der Waals surface area contributed by atoms with E-state index >= 15 is 0 Å². The molecule has 0 saturated carbocycles. The largest absolute Gasteiger partial charge is 0.423 e. The molecule has 1 fully saturated rings. The summed E-state index contributed by atoms with van der Waals surface area (Å²) in [6.07, 6.45) is 13.8. The summed E-state index contributed by atoms with van der Waals surface area (Å²) in [5, 5.41) is 0. The van der Waals surface area contributed by atoms with Gasteiger partial charge in [-0.1, -0.05) is 89.8 Å². The molecule has 0 amide bonds. The summed E-state index contributed by atoms with van der Waals surface area (Å²) in [6, 6.07) is 11.9. The number of hydrogen-bond donors (Lipinski definition) is 0. The summed E-state index contributed by atoms with van der Waals surface area (Å²) < 4.78 is 31.9. The first-order valence-corrected chi connectivity index (χ1v) is 13.9. The standard InChI is InChI=1S/C31H43FO4/c1-3-5-7-9-10-12-13-24-15-18-27(19-16-24)36-30(33)26-17-20-28(29(32)21-26)31-34-22-25(23-35-31)14-11-8-6-4-2/h15-21,25,31H,3-14,22-23H2,1-2H3. The van der Waals surface area contributed by atoms with Crippen molar-refractivity contribution >= 4 is 5.97 Å². The third-order valence-corrected chi connectivity index (χ3v) is 6.88. The van der Waals surface area contributed by atoms with Crippen molar-refractivity contribution in [2.24, 2.45) is 5.92 Å². The van der Waals surface area contributed by atoms with Crippen LogP contribution in [0.1, 0.15) is 112 Å². The van der Waals surface area contributed by atoms with Crippen LogP contribution >= 0.6 is 0 Å². The lowest BCUT2D eigenvalue weighted by Gasteiger charge is -2.30. The molecule has 198 valence electrons. The smallest absolute Gasteiger partial charge is 0.343 e. The molecule has 2 aromatic carbocycles. The summed E-state index contributed by atoms with van der Waals surface area (Å²) in [5.74, 6) is -0.292. The fraction of sp³-hybridized carbons (Fsp3) is 0.581. The monoisotopic (exact) mass is 498 g/mol. The van der Waals surface area contributed by atoms with Gasteiger partial charge < -0.3 is 14.2 Å². The number of esters is 1. The molecular weight excluding hydrogens is 455 g/mol.